The SMILES string of the molecule is Cc1cnc(N2CCN(C(=O)c3ccc(Br)cc3F)CC2)c(C)c1. The molecule has 1 fully saturated rings. The van der Waals surface area contributed by atoms with Crippen molar-refractivity contribution in [3.63, 3.8) is 0 Å². The van der Waals surface area contributed by atoms with Gasteiger partial charge in [-0.05, 0) is 43.2 Å². The van der Waals surface area contributed by atoms with Crippen LogP contribution >= 0.6 is 15.9 Å². The standard InChI is InChI=1S/C18H19BrFN3O/c1-12-9-13(2)17(21-11-12)22-5-7-23(8-6-22)18(24)15-4-3-14(19)10-16(15)20/h3-4,9-11H,5-8H2,1-2H3. The van der Waals surface area contributed by atoms with Crippen molar-refractivity contribution in [1.29, 1.82) is 0 Å². The van der Waals surface area contributed by atoms with Crippen LogP contribution in [0.15, 0.2) is 34.9 Å². The first-order valence-corrected chi connectivity index (χ1v) is 8.67. The molecule has 3 rings (SSSR count). The number of aryl methyl sites for hydroxylation is 2. The zero-order valence-corrected chi connectivity index (χ0v) is 15.3. The number of carbonyl (C=O) groups is 1. The van der Waals surface area contributed by atoms with Crippen molar-refractivity contribution in [1.82, 2.24) is 9.88 Å². The van der Waals surface area contributed by atoms with Crippen molar-refractivity contribution in [2.24, 2.45) is 0 Å². The van der Waals surface area contributed by atoms with E-state index in [-0.39, 0.29) is 11.5 Å². The fourth-order valence-corrected chi connectivity index (χ4v) is 3.33. The molecule has 6 heteroatoms. The van der Waals surface area contributed by atoms with E-state index in [1.165, 1.54) is 12.1 Å². The van der Waals surface area contributed by atoms with E-state index >= 15 is 0 Å². The average Bonchev–Trinajstić information content (AvgIpc) is 2.54. The Morgan fingerprint density at radius 3 is 2.50 bits per heavy atom. The van der Waals surface area contributed by atoms with E-state index in [0.717, 1.165) is 16.9 Å². The normalized spacial score (nSPS) is 14.8. The summed E-state index contributed by atoms with van der Waals surface area (Å²) in [5.74, 6) is 0.212. The molecule has 4 nitrogen and oxygen atoms in total. The molecular formula is C18H19BrFN3O. The summed E-state index contributed by atoms with van der Waals surface area (Å²) in [6.07, 6.45) is 1.86. The van der Waals surface area contributed by atoms with Gasteiger partial charge in [-0.1, -0.05) is 22.0 Å². The molecule has 1 amide bonds. The number of piperazine rings is 1. The minimum Gasteiger partial charge on any atom is -0.353 e. The smallest absolute Gasteiger partial charge is 0.256 e. The highest BCUT2D eigenvalue weighted by atomic mass is 79.9. The molecule has 0 aliphatic carbocycles. The largest absolute Gasteiger partial charge is 0.353 e. The molecule has 0 N–H and O–H groups in total. The summed E-state index contributed by atoms with van der Waals surface area (Å²) < 4.78 is 14.6. The Kier molecular flexibility index (Phi) is 4.85. The van der Waals surface area contributed by atoms with Crippen LogP contribution in [0.3, 0.4) is 0 Å². The van der Waals surface area contributed by atoms with Crippen molar-refractivity contribution in [2.45, 2.75) is 13.8 Å². The second-order valence-electron chi connectivity index (χ2n) is 6.06. The fourth-order valence-electron chi connectivity index (χ4n) is 2.99. The van der Waals surface area contributed by atoms with Crippen LogP contribution in [-0.4, -0.2) is 42.0 Å². The minimum absolute atomic E-state index is 0.122. The number of hydrogen-bond donors (Lipinski definition) is 0. The van der Waals surface area contributed by atoms with Crippen LogP contribution in [0.2, 0.25) is 0 Å². The number of halogens is 2. The molecule has 1 aromatic carbocycles. The lowest BCUT2D eigenvalue weighted by molar-refractivity contribution is 0.0742. The van der Waals surface area contributed by atoms with E-state index in [0.29, 0.717) is 30.7 Å². The zero-order valence-electron chi connectivity index (χ0n) is 13.7. The quantitative estimate of drug-likeness (QED) is 0.784. The number of benzene rings is 1. The van der Waals surface area contributed by atoms with Crippen LogP contribution in [0.1, 0.15) is 21.5 Å². The maximum atomic E-state index is 14.0. The second-order valence-corrected chi connectivity index (χ2v) is 6.97. The minimum atomic E-state index is -0.493. The number of nitrogens with zero attached hydrogens (tertiary/aromatic N) is 3. The molecule has 0 atom stereocenters. The van der Waals surface area contributed by atoms with Crippen LogP contribution in [0, 0.1) is 19.7 Å². The summed E-state index contributed by atoms with van der Waals surface area (Å²) in [6, 6.07) is 6.64. The van der Waals surface area contributed by atoms with Gasteiger partial charge >= 0.3 is 0 Å². The molecule has 24 heavy (non-hydrogen) atoms. The Labute approximate surface area is 149 Å². The van der Waals surface area contributed by atoms with Gasteiger partial charge in [0.1, 0.15) is 11.6 Å². The second kappa shape index (κ2) is 6.89. The van der Waals surface area contributed by atoms with Crippen LogP contribution in [0.5, 0.6) is 0 Å². The monoisotopic (exact) mass is 391 g/mol. The molecule has 1 aromatic heterocycles. The zero-order chi connectivity index (χ0) is 17.3. The Bertz CT molecular complexity index is 773. The van der Waals surface area contributed by atoms with E-state index < -0.39 is 5.82 Å². The topological polar surface area (TPSA) is 36.4 Å². The third-order valence-corrected chi connectivity index (χ3v) is 4.71. The van der Waals surface area contributed by atoms with Gasteiger partial charge in [0.2, 0.25) is 0 Å². The molecular weight excluding hydrogens is 373 g/mol. The van der Waals surface area contributed by atoms with Crippen LogP contribution < -0.4 is 4.90 Å². The van der Waals surface area contributed by atoms with Gasteiger partial charge in [-0.25, -0.2) is 9.37 Å². The maximum Gasteiger partial charge on any atom is 0.256 e. The molecule has 0 spiro atoms. The number of carbonyl (C=O) groups excluding carboxylic acids is 1. The average molecular weight is 392 g/mol. The molecule has 0 saturated carbocycles. The highest BCUT2D eigenvalue weighted by Gasteiger charge is 2.25. The highest BCUT2D eigenvalue weighted by Crippen LogP contribution is 2.21. The van der Waals surface area contributed by atoms with E-state index in [2.05, 4.69) is 31.9 Å². The number of anilines is 1. The summed E-state index contributed by atoms with van der Waals surface area (Å²) in [6.45, 7) is 6.57. The number of amides is 1. The summed E-state index contributed by atoms with van der Waals surface area (Å²) in [7, 11) is 0. The molecule has 0 bridgehead atoms. The van der Waals surface area contributed by atoms with Gasteiger partial charge in [0.25, 0.3) is 5.91 Å². The molecule has 1 aliphatic rings. The number of aromatic nitrogens is 1. The van der Waals surface area contributed by atoms with E-state index in [1.807, 2.05) is 20.0 Å². The van der Waals surface area contributed by atoms with E-state index in [4.69, 9.17) is 0 Å². The summed E-state index contributed by atoms with van der Waals surface area (Å²) in [5.41, 5.74) is 2.39. The lowest BCUT2D eigenvalue weighted by Gasteiger charge is -2.36. The Balaban J connectivity index is 1.69. The molecule has 0 unspecified atom stereocenters. The maximum absolute atomic E-state index is 14.0. The van der Waals surface area contributed by atoms with Crippen molar-refractivity contribution in [3.05, 3.63) is 57.4 Å². The van der Waals surface area contributed by atoms with Gasteiger partial charge in [0.15, 0.2) is 0 Å². The molecule has 0 radical (unpaired) electrons. The molecule has 1 saturated heterocycles. The van der Waals surface area contributed by atoms with Crippen molar-refractivity contribution >= 4 is 27.7 Å². The van der Waals surface area contributed by atoms with Gasteiger partial charge in [-0.15, -0.1) is 0 Å². The summed E-state index contributed by atoms with van der Waals surface area (Å²) >= 11 is 3.21. The lowest BCUT2D eigenvalue weighted by Crippen LogP contribution is -2.49. The molecule has 2 aromatic rings. The highest BCUT2D eigenvalue weighted by molar-refractivity contribution is 9.10. The van der Waals surface area contributed by atoms with E-state index in [9.17, 15) is 9.18 Å². The molecule has 1 aliphatic heterocycles. The number of rotatable bonds is 2. The van der Waals surface area contributed by atoms with Gasteiger partial charge in [0.05, 0.1) is 5.56 Å². The van der Waals surface area contributed by atoms with Gasteiger partial charge in [-0.2, -0.15) is 0 Å². The third-order valence-electron chi connectivity index (χ3n) is 4.22. The van der Waals surface area contributed by atoms with Gasteiger partial charge in [0, 0.05) is 36.8 Å². The summed E-state index contributed by atoms with van der Waals surface area (Å²) in [5, 5.41) is 0. The van der Waals surface area contributed by atoms with Gasteiger partial charge in [-0.3, -0.25) is 4.79 Å². The molecule has 2 heterocycles. The molecule has 126 valence electrons. The van der Waals surface area contributed by atoms with E-state index in [1.54, 1.807) is 11.0 Å². The first kappa shape index (κ1) is 16.9. The van der Waals surface area contributed by atoms with Crippen LogP contribution in [0.25, 0.3) is 0 Å². The van der Waals surface area contributed by atoms with Crippen molar-refractivity contribution in [3.8, 4) is 0 Å². The Morgan fingerprint density at radius 1 is 1.17 bits per heavy atom. The lowest BCUT2D eigenvalue weighted by atomic mass is 10.1. The van der Waals surface area contributed by atoms with Crippen LogP contribution in [-0.2, 0) is 0 Å². The first-order valence-electron chi connectivity index (χ1n) is 7.88. The van der Waals surface area contributed by atoms with Gasteiger partial charge < -0.3 is 9.80 Å². The summed E-state index contributed by atoms with van der Waals surface area (Å²) in [4.78, 5) is 20.9. The van der Waals surface area contributed by atoms with Crippen LogP contribution in [0.4, 0.5) is 10.2 Å². The first-order chi connectivity index (χ1) is 11.5. The predicted octanol–water partition coefficient (Wildman–Crippen LogP) is 3.56. The Hall–Kier alpha value is -1.95. The number of pyridine rings is 1. The predicted molar refractivity (Wildman–Crippen MR) is 95.9 cm³/mol. The third kappa shape index (κ3) is 3.43. The fraction of sp³-hybridized carbons (Fsp3) is 0.333. The van der Waals surface area contributed by atoms with Crippen molar-refractivity contribution < 1.29 is 9.18 Å². The number of hydrogen-bond acceptors (Lipinski definition) is 3. The van der Waals surface area contributed by atoms with Crippen molar-refractivity contribution in [2.75, 3.05) is 31.1 Å². The Morgan fingerprint density at radius 2 is 1.88 bits per heavy atom.